The van der Waals surface area contributed by atoms with Gasteiger partial charge in [0.2, 0.25) is 0 Å². The number of hydrogen-bond acceptors (Lipinski definition) is 5. The number of pyridine rings is 1. The largest absolute Gasteiger partial charge is 0.508 e. The van der Waals surface area contributed by atoms with Gasteiger partial charge in [0.15, 0.2) is 5.96 Å². The molecule has 0 atom stereocenters. The van der Waals surface area contributed by atoms with Crippen LogP contribution < -0.4 is 15.4 Å². The zero-order valence-electron chi connectivity index (χ0n) is 18.4. The Morgan fingerprint density at radius 3 is 2.71 bits per heavy atom. The van der Waals surface area contributed by atoms with Crippen molar-refractivity contribution < 1.29 is 9.84 Å². The minimum Gasteiger partial charge on any atom is -0.508 e. The van der Waals surface area contributed by atoms with E-state index < -0.39 is 0 Å². The van der Waals surface area contributed by atoms with E-state index in [1.165, 1.54) is 0 Å². The number of hydrogen-bond donors (Lipinski definition) is 3. The van der Waals surface area contributed by atoms with E-state index in [1.54, 1.807) is 13.2 Å². The van der Waals surface area contributed by atoms with Crippen LogP contribution in [-0.4, -0.2) is 60.3 Å². The monoisotopic (exact) mass is 539 g/mol. The average Bonchev–Trinajstić information content (AvgIpc) is 2.77. The first kappa shape index (κ1) is 25.2. The average molecular weight is 539 g/mol. The molecule has 1 saturated heterocycles. The fourth-order valence-corrected chi connectivity index (χ4v) is 3.64. The Morgan fingerprint density at radius 2 is 2.06 bits per heavy atom. The van der Waals surface area contributed by atoms with Gasteiger partial charge in [-0.3, -0.25) is 14.9 Å². The predicted octanol–water partition coefficient (Wildman–Crippen LogP) is 3.18. The molecule has 1 fully saturated rings. The SMILES string of the molecule is CCNC(=NCCc1ccc(OC)cc1O)NC1CCN(Cc2ccccn2)CC1.I. The molecular formula is C23H34IN5O2. The number of aromatic nitrogens is 1. The number of nitrogens with zero attached hydrogens (tertiary/aromatic N) is 3. The highest BCUT2D eigenvalue weighted by Crippen LogP contribution is 2.23. The molecule has 0 aliphatic carbocycles. The number of piperidine rings is 1. The van der Waals surface area contributed by atoms with Crippen LogP contribution in [0.4, 0.5) is 0 Å². The summed E-state index contributed by atoms with van der Waals surface area (Å²) in [5.41, 5.74) is 2.00. The molecule has 1 aromatic carbocycles. The van der Waals surface area contributed by atoms with Crippen LogP contribution in [0.3, 0.4) is 0 Å². The van der Waals surface area contributed by atoms with Gasteiger partial charge in [-0.15, -0.1) is 24.0 Å². The Morgan fingerprint density at radius 1 is 1.26 bits per heavy atom. The topological polar surface area (TPSA) is 82.0 Å². The maximum Gasteiger partial charge on any atom is 0.191 e. The van der Waals surface area contributed by atoms with E-state index in [1.807, 2.05) is 30.5 Å². The summed E-state index contributed by atoms with van der Waals surface area (Å²) in [6.45, 7) is 6.50. The highest BCUT2D eigenvalue weighted by Gasteiger charge is 2.20. The van der Waals surface area contributed by atoms with Gasteiger partial charge in [-0.2, -0.15) is 0 Å². The van der Waals surface area contributed by atoms with Crippen molar-refractivity contribution in [3.8, 4) is 11.5 Å². The Labute approximate surface area is 202 Å². The first-order valence-electron chi connectivity index (χ1n) is 10.7. The highest BCUT2D eigenvalue weighted by atomic mass is 127. The number of halogens is 1. The molecule has 2 aromatic rings. The van der Waals surface area contributed by atoms with E-state index in [-0.39, 0.29) is 29.7 Å². The minimum absolute atomic E-state index is 0. The Kier molecular flexibility index (Phi) is 10.9. The van der Waals surface area contributed by atoms with Crippen LogP contribution >= 0.6 is 24.0 Å². The van der Waals surface area contributed by atoms with Gasteiger partial charge in [0.05, 0.1) is 12.8 Å². The molecule has 1 aliphatic heterocycles. The van der Waals surface area contributed by atoms with Gasteiger partial charge in [0.25, 0.3) is 0 Å². The van der Waals surface area contributed by atoms with Crippen LogP contribution in [0.25, 0.3) is 0 Å². The van der Waals surface area contributed by atoms with Crippen molar-refractivity contribution in [1.29, 1.82) is 0 Å². The number of aliphatic imine (C=N–C) groups is 1. The molecule has 0 saturated carbocycles. The summed E-state index contributed by atoms with van der Waals surface area (Å²) >= 11 is 0. The molecule has 0 spiro atoms. The maximum absolute atomic E-state index is 10.1. The fraction of sp³-hybridized carbons (Fsp3) is 0.478. The molecule has 7 nitrogen and oxygen atoms in total. The second-order valence-electron chi connectivity index (χ2n) is 7.52. The van der Waals surface area contributed by atoms with E-state index in [2.05, 4.69) is 33.5 Å². The summed E-state index contributed by atoms with van der Waals surface area (Å²) in [6.07, 6.45) is 4.69. The number of benzene rings is 1. The third-order valence-corrected chi connectivity index (χ3v) is 5.33. The number of phenolic OH excluding ortho intramolecular Hbond substituents is 1. The van der Waals surface area contributed by atoms with Gasteiger partial charge in [0.1, 0.15) is 11.5 Å². The van der Waals surface area contributed by atoms with E-state index in [0.717, 1.165) is 56.2 Å². The lowest BCUT2D eigenvalue weighted by atomic mass is 10.0. The molecule has 31 heavy (non-hydrogen) atoms. The lowest BCUT2D eigenvalue weighted by molar-refractivity contribution is 0.196. The van der Waals surface area contributed by atoms with Gasteiger partial charge in [-0.25, -0.2) is 0 Å². The van der Waals surface area contributed by atoms with Crippen molar-refractivity contribution >= 4 is 29.9 Å². The van der Waals surface area contributed by atoms with Crippen LogP contribution in [0.1, 0.15) is 31.0 Å². The first-order valence-corrected chi connectivity index (χ1v) is 10.7. The molecule has 2 heterocycles. The molecule has 0 unspecified atom stereocenters. The summed E-state index contributed by atoms with van der Waals surface area (Å²) in [6, 6.07) is 11.9. The number of ether oxygens (including phenoxy) is 1. The van der Waals surface area contributed by atoms with Crippen LogP contribution in [0.5, 0.6) is 11.5 Å². The van der Waals surface area contributed by atoms with Crippen molar-refractivity contribution in [1.82, 2.24) is 20.5 Å². The number of aromatic hydroxyl groups is 1. The molecule has 3 N–H and O–H groups in total. The Hall–Kier alpha value is -2.07. The van der Waals surface area contributed by atoms with Crippen molar-refractivity contribution in [3.05, 3.63) is 53.9 Å². The Bertz CT molecular complexity index is 811. The van der Waals surface area contributed by atoms with Crippen LogP contribution in [0.2, 0.25) is 0 Å². The Balaban J connectivity index is 0.00000341. The summed E-state index contributed by atoms with van der Waals surface area (Å²) < 4.78 is 5.14. The summed E-state index contributed by atoms with van der Waals surface area (Å²) in [4.78, 5) is 11.6. The molecule has 0 bridgehead atoms. The fourth-order valence-electron chi connectivity index (χ4n) is 3.64. The van der Waals surface area contributed by atoms with E-state index >= 15 is 0 Å². The number of phenols is 1. The van der Waals surface area contributed by atoms with Crippen molar-refractivity contribution in [2.75, 3.05) is 33.3 Å². The number of likely N-dealkylation sites (tertiary alicyclic amines) is 1. The molecule has 3 rings (SSSR count). The van der Waals surface area contributed by atoms with Crippen LogP contribution in [-0.2, 0) is 13.0 Å². The molecule has 1 aliphatic rings. The van der Waals surface area contributed by atoms with Gasteiger partial charge >= 0.3 is 0 Å². The zero-order valence-corrected chi connectivity index (χ0v) is 20.7. The highest BCUT2D eigenvalue weighted by molar-refractivity contribution is 14.0. The van der Waals surface area contributed by atoms with Crippen molar-refractivity contribution in [3.63, 3.8) is 0 Å². The van der Waals surface area contributed by atoms with Crippen LogP contribution in [0, 0.1) is 0 Å². The lowest BCUT2D eigenvalue weighted by Gasteiger charge is -2.32. The molecule has 0 radical (unpaired) electrons. The summed E-state index contributed by atoms with van der Waals surface area (Å²) in [5.74, 6) is 1.75. The van der Waals surface area contributed by atoms with Gasteiger partial charge in [-0.05, 0) is 49.9 Å². The van der Waals surface area contributed by atoms with Crippen molar-refractivity contribution in [2.24, 2.45) is 4.99 Å². The number of methoxy groups -OCH3 is 1. The third-order valence-electron chi connectivity index (χ3n) is 5.33. The van der Waals surface area contributed by atoms with E-state index in [9.17, 15) is 5.11 Å². The number of nitrogens with one attached hydrogen (secondary N) is 2. The van der Waals surface area contributed by atoms with Gasteiger partial charge in [-0.1, -0.05) is 12.1 Å². The third kappa shape index (κ3) is 8.17. The molecule has 1 aromatic heterocycles. The molecule has 170 valence electrons. The summed E-state index contributed by atoms with van der Waals surface area (Å²) in [7, 11) is 1.59. The normalized spacial score (nSPS) is 15.2. The standard InChI is InChI=1S/C23H33N5O2.HI/c1-3-24-23(26-13-9-18-7-8-21(30-2)16-22(18)29)27-19-10-14-28(15-11-19)17-20-6-4-5-12-25-20;/h4-8,12,16,19,29H,3,9-11,13-15,17H2,1-2H3,(H2,24,26,27);1H. The zero-order chi connectivity index (χ0) is 21.2. The first-order chi connectivity index (χ1) is 14.7. The number of rotatable bonds is 8. The second-order valence-corrected chi connectivity index (χ2v) is 7.52. The second kappa shape index (κ2) is 13.4. The maximum atomic E-state index is 10.1. The van der Waals surface area contributed by atoms with Crippen molar-refractivity contribution in [2.45, 2.75) is 38.8 Å². The molecule has 8 heteroatoms. The smallest absolute Gasteiger partial charge is 0.191 e. The molecular weight excluding hydrogens is 505 g/mol. The predicted molar refractivity (Wildman–Crippen MR) is 135 cm³/mol. The lowest BCUT2D eigenvalue weighted by Crippen LogP contribution is -2.48. The van der Waals surface area contributed by atoms with E-state index in [4.69, 9.17) is 9.73 Å². The minimum atomic E-state index is 0. The molecule has 0 amide bonds. The van der Waals surface area contributed by atoms with Gasteiger partial charge in [0, 0.05) is 51.0 Å². The van der Waals surface area contributed by atoms with E-state index in [0.29, 0.717) is 24.8 Å². The van der Waals surface area contributed by atoms with Crippen LogP contribution in [0.15, 0.2) is 47.6 Å². The quantitative estimate of drug-likeness (QED) is 0.272. The number of guanidine groups is 1. The van der Waals surface area contributed by atoms with Gasteiger partial charge < -0.3 is 20.5 Å². The summed E-state index contributed by atoms with van der Waals surface area (Å²) in [5, 5.41) is 17.0.